The maximum absolute atomic E-state index is 5.49. The lowest BCUT2D eigenvalue weighted by Crippen LogP contribution is -2.30. The lowest BCUT2D eigenvalue weighted by molar-refractivity contribution is 0.318. The third-order valence-electron chi connectivity index (χ3n) is 3.16. The summed E-state index contributed by atoms with van der Waals surface area (Å²) in [5.74, 6) is 1.72. The van der Waals surface area contributed by atoms with Gasteiger partial charge in [-0.1, -0.05) is 0 Å². The Morgan fingerprint density at radius 2 is 2.19 bits per heavy atom. The van der Waals surface area contributed by atoms with Gasteiger partial charge in [-0.05, 0) is 33.7 Å². The molecular formula is C12H21N3O. The third kappa shape index (κ3) is 3.06. The standard InChI is InChI=1S/C12H21N3O/c1-9-10(2)16-12(14-9)8-13-6-7-15(3)11-4-5-11/h11,13H,4-8H2,1-3H3. The number of aryl methyl sites for hydroxylation is 2. The van der Waals surface area contributed by atoms with Crippen LogP contribution in [0.3, 0.4) is 0 Å². The summed E-state index contributed by atoms with van der Waals surface area (Å²) >= 11 is 0. The summed E-state index contributed by atoms with van der Waals surface area (Å²) in [7, 11) is 2.19. The molecule has 4 heteroatoms. The van der Waals surface area contributed by atoms with Crippen LogP contribution in [-0.4, -0.2) is 36.1 Å². The molecule has 1 aromatic rings. The molecule has 90 valence electrons. The fraction of sp³-hybridized carbons (Fsp3) is 0.750. The maximum Gasteiger partial charge on any atom is 0.208 e. The molecule has 1 heterocycles. The van der Waals surface area contributed by atoms with Crippen LogP contribution in [0, 0.1) is 13.8 Å². The summed E-state index contributed by atoms with van der Waals surface area (Å²) < 4.78 is 5.49. The Balaban J connectivity index is 1.63. The molecule has 4 nitrogen and oxygen atoms in total. The van der Waals surface area contributed by atoms with E-state index in [0.29, 0.717) is 0 Å². The number of oxazole rings is 1. The number of hydrogen-bond acceptors (Lipinski definition) is 4. The minimum Gasteiger partial charge on any atom is -0.444 e. The van der Waals surface area contributed by atoms with Crippen LogP contribution in [0.15, 0.2) is 4.42 Å². The van der Waals surface area contributed by atoms with Crippen molar-refractivity contribution in [3.63, 3.8) is 0 Å². The molecule has 2 rings (SSSR count). The second kappa shape index (κ2) is 4.97. The van der Waals surface area contributed by atoms with Gasteiger partial charge < -0.3 is 14.6 Å². The fourth-order valence-electron chi connectivity index (χ4n) is 1.76. The van der Waals surface area contributed by atoms with Crippen LogP contribution in [0.4, 0.5) is 0 Å². The first-order chi connectivity index (χ1) is 7.66. The number of nitrogens with one attached hydrogen (secondary N) is 1. The van der Waals surface area contributed by atoms with Crippen LogP contribution in [0.1, 0.15) is 30.2 Å². The van der Waals surface area contributed by atoms with E-state index in [9.17, 15) is 0 Å². The predicted molar refractivity (Wildman–Crippen MR) is 63.3 cm³/mol. The molecule has 0 spiro atoms. The normalized spacial score (nSPS) is 16.0. The molecule has 0 radical (unpaired) electrons. The highest BCUT2D eigenvalue weighted by Gasteiger charge is 2.25. The van der Waals surface area contributed by atoms with Crippen molar-refractivity contribution >= 4 is 0 Å². The van der Waals surface area contributed by atoms with Crippen molar-refractivity contribution in [2.75, 3.05) is 20.1 Å². The molecule has 16 heavy (non-hydrogen) atoms. The van der Waals surface area contributed by atoms with Crippen molar-refractivity contribution < 1.29 is 4.42 Å². The van der Waals surface area contributed by atoms with Gasteiger partial charge in [0.15, 0.2) is 0 Å². The van der Waals surface area contributed by atoms with E-state index in [1.54, 1.807) is 0 Å². The smallest absolute Gasteiger partial charge is 0.208 e. The first kappa shape index (κ1) is 11.6. The molecule has 1 aliphatic carbocycles. The zero-order valence-corrected chi connectivity index (χ0v) is 10.4. The van der Waals surface area contributed by atoms with Crippen molar-refractivity contribution in [3.8, 4) is 0 Å². The van der Waals surface area contributed by atoms with Gasteiger partial charge in [0, 0.05) is 19.1 Å². The largest absolute Gasteiger partial charge is 0.444 e. The summed E-state index contributed by atoms with van der Waals surface area (Å²) in [6, 6.07) is 0.841. The molecule has 1 N–H and O–H groups in total. The van der Waals surface area contributed by atoms with E-state index >= 15 is 0 Å². The molecule has 0 amide bonds. The van der Waals surface area contributed by atoms with Gasteiger partial charge in [-0.3, -0.25) is 0 Å². The second-order valence-electron chi connectivity index (χ2n) is 4.64. The van der Waals surface area contributed by atoms with Gasteiger partial charge in [0.05, 0.1) is 12.2 Å². The molecule has 0 aliphatic heterocycles. The number of hydrogen-bond donors (Lipinski definition) is 1. The molecule has 1 fully saturated rings. The predicted octanol–water partition coefficient (Wildman–Crippen LogP) is 1.48. The van der Waals surface area contributed by atoms with Crippen LogP contribution in [0.2, 0.25) is 0 Å². The number of rotatable bonds is 6. The second-order valence-corrected chi connectivity index (χ2v) is 4.64. The molecule has 0 bridgehead atoms. The quantitative estimate of drug-likeness (QED) is 0.742. The van der Waals surface area contributed by atoms with Gasteiger partial charge in [0.1, 0.15) is 5.76 Å². The summed E-state index contributed by atoms with van der Waals surface area (Å²) in [5, 5.41) is 3.36. The minimum atomic E-state index is 0.729. The van der Waals surface area contributed by atoms with E-state index in [2.05, 4.69) is 22.2 Å². The summed E-state index contributed by atoms with van der Waals surface area (Å²) in [4.78, 5) is 6.75. The van der Waals surface area contributed by atoms with Crippen molar-refractivity contribution in [1.82, 2.24) is 15.2 Å². The first-order valence-corrected chi connectivity index (χ1v) is 6.00. The van der Waals surface area contributed by atoms with E-state index < -0.39 is 0 Å². The van der Waals surface area contributed by atoms with Crippen LogP contribution < -0.4 is 5.32 Å². The molecule has 0 saturated heterocycles. The zero-order chi connectivity index (χ0) is 11.5. The Morgan fingerprint density at radius 3 is 2.75 bits per heavy atom. The lowest BCUT2D eigenvalue weighted by Gasteiger charge is -2.15. The zero-order valence-electron chi connectivity index (χ0n) is 10.4. The van der Waals surface area contributed by atoms with E-state index in [1.165, 1.54) is 12.8 Å². The van der Waals surface area contributed by atoms with Crippen molar-refractivity contribution in [2.24, 2.45) is 0 Å². The fourth-order valence-corrected chi connectivity index (χ4v) is 1.76. The molecule has 1 aromatic heterocycles. The maximum atomic E-state index is 5.49. The van der Waals surface area contributed by atoms with Crippen LogP contribution >= 0.6 is 0 Å². The van der Waals surface area contributed by atoms with Crippen molar-refractivity contribution in [3.05, 3.63) is 17.3 Å². The van der Waals surface area contributed by atoms with Crippen LogP contribution in [-0.2, 0) is 6.54 Å². The molecule has 0 unspecified atom stereocenters. The van der Waals surface area contributed by atoms with Gasteiger partial charge in [-0.25, -0.2) is 4.98 Å². The van der Waals surface area contributed by atoms with Crippen molar-refractivity contribution in [1.29, 1.82) is 0 Å². The molecular weight excluding hydrogens is 202 g/mol. The Kier molecular flexibility index (Phi) is 3.61. The van der Waals surface area contributed by atoms with E-state index in [1.807, 2.05) is 13.8 Å². The Hall–Kier alpha value is -0.870. The average Bonchev–Trinajstić information content (AvgIpc) is 3.03. The summed E-state index contributed by atoms with van der Waals surface area (Å²) in [6.07, 6.45) is 2.74. The number of aromatic nitrogens is 1. The highest BCUT2D eigenvalue weighted by atomic mass is 16.4. The van der Waals surface area contributed by atoms with E-state index in [4.69, 9.17) is 4.42 Å². The monoisotopic (exact) mass is 223 g/mol. The van der Waals surface area contributed by atoms with Gasteiger partial charge >= 0.3 is 0 Å². The number of likely N-dealkylation sites (N-methyl/N-ethyl adjacent to an activating group) is 1. The Labute approximate surface area is 97.0 Å². The molecule has 1 aliphatic rings. The highest BCUT2D eigenvalue weighted by molar-refractivity contribution is 5.05. The lowest BCUT2D eigenvalue weighted by atomic mass is 10.4. The van der Waals surface area contributed by atoms with Crippen LogP contribution in [0.5, 0.6) is 0 Å². The Morgan fingerprint density at radius 1 is 1.44 bits per heavy atom. The first-order valence-electron chi connectivity index (χ1n) is 6.00. The summed E-state index contributed by atoms with van der Waals surface area (Å²) in [6.45, 7) is 6.75. The molecule has 0 aromatic carbocycles. The van der Waals surface area contributed by atoms with E-state index in [-0.39, 0.29) is 0 Å². The van der Waals surface area contributed by atoms with Crippen LogP contribution in [0.25, 0.3) is 0 Å². The topological polar surface area (TPSA) is 41.3 Å². The number of nitrogens with zero attached hydrogens (tertiary/aromatic N) is 2. The molecule has 0 atom stereocenters. The average molecular weight is 223 g/mol. The third-order valence-corrected chi connectivity index (χ3v) is 3.16. The van der Waals surface area contributed by atoms with E-state index in [0.717, 1.165) is 43.0 Å². The van der Waals surface area contributed by atoms with Gasteiger partial charge in [-0.15, -0.1) is 0 Å². The van der Waals surface area contributed by atoms with Gasteiger partial charge in [0.2, 0.25) is 5.89 Å². The minimum absolute atomic E-state index is 0.729. The van der Waals surface area contributed by atoms with Crippen molar-refractivity contribution in [2.45, 2.75) is 39.3 Å². The SMILES string of the molecule is Cc1nc(CNCCN(C)C2CC2)oc1C. The Bertz CT molecular complexity index is 325. The van der Waals surface area contributed by atoms with Gasteiger partial charge in [0.25, 0.3) is 0 Å². The summed E-state index contributed by atoms with van der Waals surface area (Å²) in [5.41, 5.74) is 0.992. The molecule has 1 saturated carbocycles. The van der Waals surface area contributed by atoms with Gasteiger partial charge in [-0.2, -0.15) is 0 Å². The highest BCUT2D eigenvalue weighted by Crippen LogP contribution is 2.24.